The van der Waals surface area contributed by atoms with Crippen molar-refractivity contribution in [2.24, 2.45) is 0 Å². The molecule has 1 aromatic heterocycles. The van der Waals surface area contributed by atoms with E-state index in [0.717, 1.165) is 28.2 Å². The van der Waals surface area contributed by atoms with Crippen LogP contribution in [0.25, 0.3) is 0 Å². The molecule has 0 radical (unpaired) electrons. The van der Waals surface area contributed by atoms with Crippen LogP contribution < -0.4 is 5.32 Å². The highest BCUT2D eigenvalue weighted by molar-refractivity contribution is 7.09. The molecule has 4 amide bonds. The Labute approximate surface area is 169 Å². The maximum absolute atomic E-state index is 13.3. The molecule has 2 heterocycles. The number of imide groups is 1. The average molecular weight is 400 g/mol. The third kappa shape index (κ3) is 3.94. The minimum Gasteiger partial charge on any atom is -0.339 e. The fraction of sp³-hybridized carbons (Fsp3) is 0.381. The standard InChI is InChI=1S/C21H25N3O3S/c1-3-4-12-21(16-9-6-5-7-10-16)19(26)24(20(27)22-21)15-18(25)23(2)14-17-11-8-13-28-17/h5-11,13H,3-4,12,14-15H2,1-2H3,(H,22,27). The Hall–Kier alpha value is -2.67. The number of hydrogen-bond acceptors (Lipinski definition) is 4. The Balaban J connectivity index is 1.78. The summed E-state index contributed by atoms with van der Waals surface area (Å²) in [6, 6.07) is 12.6. The normalized spacial score (nSPS) is 19.0. The predicted octanol–water partition coefficient (Wildman–Crippen LogP) is 3.34. The Bertz CT molecular complexity index is 838. The molecular weight excluding hydrogens is 374 g/mol. The highest BCUT2D eigenvalue weighted by Gasteiger charge is 2.52. The Morgan fingerprint density at radius 2 is 1.93 bits per heavy atom. The second-order valence-electron chi connectivity index (χ2n) is 7.03. The second kappa shape index (κ2) is 8.56. The van der Waals surface area contributed by atoms with E-state index in [1.807, 2.05) is 54.8 Å². The lowest BCUT2D eigenvalue weighted by atomic mass is 9.85. The van der Waals surface area contributed by atoms with Gasteiger partial charge < -0.3 is 10.2 Å². The molecule has 0 saturated carbocycles. The zero-order chi connectivity index (χ0) is 20.1. The van der Waals surface area contributed by atoms with Gasteiger partial charge in [0.25, 0.3) is 5.91 Å². The Morgan fingerprint density at radius 3 is 2.57 bits per heavy atom. The molecule has 6 nitrogen and oxygen atoms in total. The number of amides is 4. The van der Waals surface area contributed by atoms with Crippen molar-refractivity contribution in [2.45, 2.75) is 38.3 Å². The highest BCUT2D eigenvalue weighted by atomic mass is 32.1. The Morgan fingerprint density at radius 1 is 1.18 bits per heavy atom. The smallest absolute Gasteiger partial charge is 0.325 e. The van der Waals surface area contributed by atoms with Crippen molar-refractivity contribution in [3.05, 3.63) is 58.3 Å². The van der Waals surface area contributed by atoms with Crippen LogP contribution in [0.2, 0.25) is 0 Å². The van der Waals surface area contributed by atoms with Crippen molar-refractivity contribution in [1.29, 1.82) is 0 Å². The van der Waals surface area contributed by atoms with Gasteiger partial charge in [0.1, 0.15) is 12.1 Å². The largest absolute Gasteiger partial charge is 0.339 e. The van der Waals surface area contributed by atoms with E-state index < -0.39 is 11.6 Å². The van der Waals surface area contributed by atoms with Crippen LogP contribution in [-0.4, -0.2) is 41.2 Å². The van der Waals surface area contributed by atoms with Crippen LogP contribution in [0, 0.1) is 0 Å². The predicted molar refractivity (Wildman–Crippen MR) is 109 cm³/mol. The fourth-order valence-electron chi connectivity index (χ4n) is 3.42. The number of carbonyl (C=O) groups is 3. The molecule has 1 aliphatic heterocycles. The molecule has 1 fully saturated rings. The number of nitrogens with zero attached hydrogens (tertiary/aromatic N) is 2. The number of likely N-dealkylation sites (N-methyl/N-ethyl adjacent to an activating group) is 1. The molecule has 3 rings (SSSR count). The van der Waals surface area contributed by atoms with Gasteiger partial charge >= 0.3 is 6.03 Å². The molecule has 28 heavy (non-hydrogen) atoms. The first kappa shape index (κ1) is 20.1. The topological polar surface area (TPSA) is 69.7 Å². The van der Waals surface area contributed by atoms with Crippen LogP contribution in [-0.2, 0) is 21.7 Å². The summed E-state index contributed by atoms with van der Waals surface area (Å²) < 4.78 is 0. The number of urea groups is 1. The second-order valence-corrected chi connectivity index (χ2v) is 8.06. The van der Waals surface area contributed by atoms with Gasteiger partial charge in [-0.2, -0.15) is 0 Å². The maximum atomic E-state index is 13.3. The first-order valence-electron chi connectivity index (χ1n) is 9.44. The van der Waals surface area contributed by atoms with Crippen LogP contribution >= 0.6 is 11.3 Å². The van der Waals surface area contributed by atoms with E-state index in [9.17, 15) is 14.4 Å². The summed E-state index contributed by atoms with van der Waals surface area (Å²) in [6.45, 7) is 2.24. The van der Waals surface area contributed by atoms with E-state index in [2.05, 4.69) is 5.32 Å². The first-order chi connectivity index (χ1) is 13.5. The highest BCUT2D eigenvalue weighted by Crippen LogP contribution is 2.34. The van der Waals surface area contributed by atoms with Gasteiger partial charge in [0, 0.05) is 11.9 Å². The third-order valence-electron chi connectivity index (χ3n) is 5.04. The van der Waals surface area contributed by atoms with Gasteiger partial charge in [0.2, 0.25) is 5.91 Å². The van der Waals surface area contributed by atoms with Gasteiger partial charge in [0.15, 0.2) is 0 Å². The van der Waals surface area contributed by atoms with Gasteiger partial charge in [-0.1, -0.05) is 56.2 Å². The van der Waals surface area contributed by atoms with Crippen molar-refractivity contribution in [3.8, 4) is 0 Å². The summed E-state index contributed by atoms with van der Waals surface area (Å²) in [6.07, 6.45) is 2.20. The van der Waals surface area contributed by atoms with E-state index in [4.69, 9.17) is 0 Å². The molecule has 1 N–H and O–H groups in total. The molecular formula is C21H25N3O3S. The van der Waals surface area contributed by atoms with Crippen molar-refractivity contribution < 1.29 is 14.4 Å². The number of thiophene rings is 1. The van der Waals surface area contributed by atoms with Gasteiger partial charge in [-0.05, 0) is 23.4 Å². The molecule has 1 aromatic carbocycles. The SMILES string of the molecule is CCCCC1(c2ccccc2)NC(=O)N(CC(=O)N(C)Cc2cccs2)C1=O. The molecule has 1 saturated heterocycles. The first-order valence-corrected chi connectivity index (χ1v) is 10.3. The zero-order valence-corrected chi connectivity index (χ0v) is 17.0. The van der Waals surface area contributed by atoms with Gasteiger partial charge in [-0.15, -0.1) is 11.3 Å². The molecule has 0 bridgehead atoms. The average Bonchev–Trinajstić information content (AvgIpc) is 3.29. The van der Waals surface area contributed by atoms with E-state index in [1.165, 1.54) is 0 Å². The number of unbranched alkanes of at least 4 members (excludes halogenated alkanes) is 1. The Kier molecular flexibility index (Phi) is 6.14. The van der Waals surface area contributed by atoms with E-state index in [1.54, 1.807) is 23.3 Å². The van der Waals surface area contributed by atoms with Crippen LogP contribution in [0.3, 0.4) is 0 Å². The lowest BCUT2D eigenvalue weighted by molar-refractivity contribution is -0.139. The number of hydrogen-bond donors (Lipinski definition) is 1. The van der Waals surface area contributed by atoms with Crippen molar-refractivity contribution >= 4 is 29.2 Å². The van der Waals surface area contributed by atoms with Gasteiger partial charge in [-0.3, -0.25) is 14.5 Å². The van der Waals surface area contributed by atoms with E-state index in [-0.39, 0.29) is 18.4 Å². The molecule has 148 valence electrons. The molecule has 0 aliphatic carbocycles. The van der Waals surface area contributed by atoms with Crippen molar-refractivity contribution in [2.75, 3.05) is 13.6 Å². The summed E-state index contributed by atoms with van der Waals surface area (Å²) in [7, 11) is 1.68. The number of carbonyl (C=O) groups excluding carboxylic acids is 3. The number of rotatable bonds is 8. The summed E-state index contributed by atoms with van der Waals surface area (Å²) in [5, 5.41) is 4.83. The van der Waals surface area contributed by atoms with E-state index in [0.29, 0.717) is 13.0 Å². The summed E-state index contributed by atoms with van der Waals surface area (Å²) in [4.78, 5) is 42.2. The third-order valence-corrected chi connectivity index (χ3v) is 5.90. The lowest BCUT2D eigenvalue weighted by Crippen LogP contribution is -2.45. The molecule has 2 aromatic rings. The molecule has 7 heteroatoms. The van der Waals surface area contributed by atoms with Crippen molar-refractivity contribution in [3.63, 3.8) is 0 Å². The van der Waals surface area contributed by atoms with Crippen LogP contribution in [0.5, 0.6) is 0 Å². The van der Waals surface area contributed by atoms with Crippen LogP contribution in [0.1, 0.15) is 36.6 Å². The molecule has 1 atom stereocenters. The molecule has 1 unspecified atom stereocenters. The zero-order valence-electron chi connectivity index (χ0n) is 16.2. The minimum atomic E-state index is -1.10. The van der Waals surface area contributed by atoms with Crippen LogP contribution in [0.15, 0.2) is 47.8 Å². The lowest BCUT2D eigenvalue weighted by Gasteiger charge is -2.27. The summed E-state index contributed by atoms with van der Waals surface area (Å²) in [5.41, 5.74) is -0.343. The monoisotopic (exact) mass is 399 g/mol. The summed E-state index contributed by atoms with van der Waals surface area (Å²) in [5.74, 6) is -0.619. The van der Waals surface area contributed by atoms with E-state index >= 15 is 0 Å². The molecule has 0 spiro atoms. The number of nitrogens with one attached hydrogen (secondary N) is 1. The minimum absolute atomic E-state index is 0.257. The van der Waals surface area contributed by atoms with Gasteiger partial charge in [-0.25, -0.2) is 4.79 Å². The molecule has 1 aliphatic rings. The maximum Gasteiger partial charge on any atom is 0.325 e. The quantitative estimate of drug-likeness (QED) is 0.692. The van der Waals surface area contributed by atoms with Crippen LogP contribution in [0.4, 0.5) is 4.79 Å². The fourth-order valence-corrected chi connectivity index (χ4v) is 4.18. The van der Waals surface area contributed by atoms with Crippen molar-refractivity contribution in [1.82, 2.24) is 15.1 Å². The number of benzene rings is 1. The summed E-state index contributed by atoms with van der Waals surface area (Å²) >= 11 is 1.56. The van der Waals surface area contributed by atoms with Gasteiger partial charge in [0.05, 0.1) is 6.54 Å².